The molecule has 0 amide bonds. The number of benzene rings is 1. The smallest absolute Gasteiger partial charge is 0.243 e. The van der Waals surface area contributed by atoms with E-state index in [9.17, 15) is 13.5 Å². The van der Waals surface area contributed by atoms with Crippen molar-refractivity contribution in [1.29, 1.82) is 0 Å². The van der Waals surface area contributed by atoms with Gasteiger partial charge < -0.3 is 10.4 Å². The fraction of sp³-hybridized carbons (Fsp3) is 0.571. The van der Waals surface area contributed by atoms with Gasteiger partial charge in [0.05, 0.1) is 11.0 Å². The molecular weight excluding hydrogens is 276 g/mol. The molecule has 6 heteroatoms. The molecule has 112 valence electrons. The summed E-state index contributed by atoms with van der Waals surface area (Å²) in [6.07, 6.45) is 0.832. The summed E-state index contributed by atoms with van der Waals surface area (Å²) in [5, 5.41) is 12.8. The Balaban J connectivity index is 2.12. The van der Waals surface area contributed by atoms with Gasteiger partial charge in [-0.2, -0.15) is 4.31 Å². The third-order valence-corrected chi connectivity index (χ3v) is 5.38. The molecule has 1 saturated heterocycles. The van der Waals surface area contributed by atoms with Crippen molar-refractivity contribution in [2.24, 2.45) is 0 Å². The van der Waals surface area contributed by atoms with Crippen molar-refractivity contribution in [3.63, 3.8) is 0 Å². The van der Waals surface area contributed by atoms with Crippen molar-refractivity contribution in [3.05, 3.63) is 29.8 Å². The lowest BCUT2D eigenvalue weighted by atomic mass is 10.1. The van der Waals surface area contributed by atoms with Gasteiger partial charge in [-0.05, 0) is 37.1 Å². The van der Waals surface area contributed by atoms with Crippen molar-refractivity contribution >= 4 is 10.0 Å². The van der Waals surface area contributed by atoms with Crippen LogP contribution in [0.15, 0.2) is 29.2 Å². The van der Waals surface area contributed by atoms with Crippen LogP contribution in [0, 0.1) is 0 Å². The molecule has 0 aromatic heterocycles. The number of nitrogens with one attached hydrogen (secondary N) is 1. The molecule has 0 spiro atoms. The molecule has 2 rings (SSSR count). The van der Waals surface area contributed by atoms with Gasteiger partial charge in [-0.25, -0.2) is 8.42 Å². The van der Waals surface area contributed by atoms with Crippen LogP contribution < -0.4 is 5.32 Å². The van der Waals surface area contributed by atoms with E-state index < -0.39 is 16.1 Å². The van der Waals surface area contributed by atoms with Crippen molar-refractivity contribution in [2.75, 3.05) is 19.6 Å². The molecule has 0 saturated carbocycles. The molecule has 1 heterocycles. The van der Waals surface area contributed by atoms with Crippen LogP contribution in [0.25, 0.3) is 0 Å². The number of piperidine rings is 1. The molecule has 1 aliphatic heterocycles. The molecule has 1 unspecified atom stereocenters. The molecule has 1 aromatic rings. The number of hydrogen-bond donors (Lipinski definition) is 2. The number of aliphatic hydroxyl groups is 1. The van der Waals surface area contributed by atoms with Gasteiger partial charge in [0.2, 0.25) is 10.0 Å². The predicted octanol–water partition coefficient (Wildman–Crippen LogP) is 0.941. The second-order valence-corrected chi connectivity index (χ2v) is 7.02. The molecule has 2 N–H and O–H groups in total. The maximum absolute atomic E-state index is 12.5. The van der Waals surface area contributed by atoms with Gasteiger partial charge in [-0.1, -0.05) is 19.1 Å². The van der Waals surface area contributed by atoms with Gasteiger partial charge in [-0.3, -0.25) is 0 Å². The number of rotatable bonds is 5. The molecule has 0 aliphatic carbocycles. The number of aliphatic hydroxyl groups excluding tert-OH is 1. The zero-order valence-corrected chi connectivity index (χ0v) is 12.6. The summed E-state index contributed by atoms with van der Waals surface area (Å²) in [6, 6.07) is 6.94. The molecule has 0 radical (unpaired) electrons. The first-order chi connectivity index (χ1) is 9.54. The lowest BCUT2D eigenvalue weighted by Crippen LogP contribution is -2.42. The van der Waals surface area contributed by atoms with Gasteiger partial charge in [0.25, 0.3) is 0 Å². The Morgan fingerprint density at radius 2 is 2.05 bits per heavy atom. The maximum atomic E-state index is 12.5. The Hall–Kier alpha value is -0.950. The molecule has 20 heavy (non-hydrogen) atoms. The van der Waals surface area contributed by atoms with E-state index in [1.165, 1.54) is 4.31 Å². The molecule has 0 bridgehead atoms. The minimum absolute atomic E-state index is 0.196. The first kappa shape index (κ1) is 15.4. The zero-order chi connectivity index (χ0) is 14.6. The SMILES string of the molecule is CCNCc1ccc(S(=O)(=O)N2CCCC(O)C2)cc1. The van der Waals surface area contributed by atoms with E-state index in [-0.39, 0.29) is 6.54 Å². The predicted molar refractivity (Wildman–Crippen MR) is 77.8 cm³/mol. The van der Waals surface area contributed by atoms with Crippen LogP contribution >= 0.6 is 0 Å². The quantitative estimate of drug-likeness (QED) is 0.849. The second-order valence-electron chi connectivity index (χ2n) is 5.08. The Kier molecular flexibility index (Phi) is 5.15. The average molecular weight is 298 g/mol. The van der Waals surface area contributed by atoms with E-state index in [0.29, 0.717) is 24.3 Å². The molecule has 1 aliphatic rings. The van der Waals surface area contributed by atoms with Crippen LogP contribution in [0.5, 0.6) is 0 Å². The Bertz CT molecular complexity index is 528. The van der Waals surface area contributed by atoms with Gasteiger partial charge in [-0.15, -0.1) is 0 Å². The van der Waals surface area contributed by atoms with Crippen LogP contribution in [0.4, 0.5) is 0 Å². The minimum atomic E-state index is -3.48. The van der Waals surface area contributed by atoms with E-state index in [4.69, 9.17) is 0 Å². The van der Waals surface area contributed by atoms with E-state index in [1.807, 2.05) is 19.1 Å². The van der Waals surface area contributed by atoms with E-state index >= 15 is 0 Å². The van der Waals surface area contributed by atoms with Crippen LogP contribution in [0.1, 0.15) is 25.3 Å². The zero-order valence-electron chi connectivity index (χ0n) is 11.7. The maximum Gasteiger partial charge on any atom is 0.243 e. The highest BCUT2D eigenvalue weighted by Gasteiger charge is 2.29. The summed E-state index contributed by atoms with van der Waals surface area (Å²) in [5.41, 5.74) is 1.06. The van der Waals surface area contributed by atoms with E-state index in [2.05, 4.69) is 5.32 Å². The van der Waals surface area contributed by atoms with Crippen molar-refractivity contribution in [3.8, 4) is 0 Å². The standard InChI is InChI=1S/C14H22N2O3S/c1-2-15-10-12-5-7-14(8-6-12)20(18,19)16-9-3-4-13(17)11-16/h5-8,13,15,17H,2-4,9-11H2,1H3. The lowest BCUT2D eigenvalue weighted by molar-refractivity contribution is 0.108. The summed E-state index contributed by atoms with van der Waals surface area (Å²) in [5.74, 6) is 0. The molecular formula is C14H22N2O3S. The van der Waals surface area contributed by atoms with Crippen LogP contribution in [-0.4, -0.2) is 43.6 Å². The van der Waals surface area contributed by atoms with Gasteiger partial charge in [0.15, 0.2) is 0 Å². The van der Waals surface area contributed by atoms with Gasteiger partial charge in [0.1, 0.15) is 0 Å². The fourth-order valence-electron chi connectivity index (χ4n) is 2.34. The van der Waals surface area contributed by atoms with Gasteiger partial charge >= 0.3 is 0 Å². The molecule has 1 fully saturated rings. The monoisotopic (exact) mass is 298 g/mol. The second kappa shape index (κ2) is 6.67. The van der Waals surface area contributed by atoms with Crippen LogP contribution in [0.3, 0.4) is 0 Å². The highest BCUT2D eigenvalue weighted by Crippen LogP contribution is 2.21. The summed E-state index contributed by atoms with van der Waals surface area (Å²) in [4.78, 5) is 0.298. The molecule has 1 atom stereocenters. The van der Waals surface area contributed by atoms with Crippen molar-refractivity contribution in [1.82, 2.24) is 9.62 Å². The number of β-amino-alcohol motifs (C(OH)–C–C–N with tert-alkyl or cyclic N) is 1. The van der Waals surface area contributed by atoms with E-state index in [0.717, 1.165) is 18.7 Å². The molecule has 5 nitrogen and oxygen atoms in total. The normalized spacial score (nSPS) is 21.0. The summed E-state index contributed by atoms with van der Waals surface area (Å²) >= 11 is 0. The number of nitrogens with zero attached hydrogens (tertiary/aromatic N) is 1. The summed E-state index contributed by atoms with van der Waals surface area (Å²) in [6.45, 7) is 4.32. The largest absolute Gasteiger partial charge is 0.392 e. The Labute approximate surface area is 120 Å². The average Bonchev–Trinajstić information content (AvgIpc) is 2.45. The fourth-order valence-corrected chi connectivity index (χ4v) is 3.85. The summed E-state index contributed by atoms with van der Waals surface area (Å²) in [7, 11) is -3.48. The lowest BCUT2D eigenvalue weighted by Gasteiger charge is -2.29. The molecule has 1 aromatic carbocycles. The van der Waals surface area contributed by atoms with Crippen LogP contribution in [0.2, 0.25) is 0 Å². The van der Waals surface area contributed by atoms with Crippen molar-refractivity contribution in [2.45, 2.75) is 37.3 Å². The first-order valence-electron chi connectivity index (χ1n) is 7.02. The first-order valence-corrected chi connectivity index (χ1v) is 8.46. The Morgan fingerprint density at radius 1 is 1.35 bits per heavy atom. The minimum Gasteiger partial charge on any atom is -0.392 e. The number of hydrogen-bond acceptors (Lipinski definition) is 4. The number of sulfonamides is 1. The topological polar surface area (TPSA) is 69.6 Å². The summed E-state index contributed by atoms with van der Waals surface area (Å²) < 4.78 is 26.3. The highest BCUT2D eigenvalue weighted by molar-refractivity contribution is 7.89. The third-order valence-electron chi connectivity index (χ3n) is 3.50. The third kappa shape index (κ3) is 3.58. The highest BCUT2D eigenvalue weighted by atomic mass is 32.2. The van der Waals surface area contributed by atoms with Crippen molar-refractivity contribution < 1.29 is 13.5 Å². The van der Waals surface area contributed by atoms with E-state index in [1.54, 1.807) is 12.1 Å². The van der Waals surface area contributed by atoms with Crippen LogP contribution in [-0.2, 0) is 16.6 Å². The van der Waals surface area contributed by atoms with Gasteiger partial charge in [0, 0.05) is 19.6 Å². The Morgan fingerprint density at radius 3 is 2.65 bits per heavy atom.